The fourth-order valence-electron chi connectivity index (χ4n) is 2.25. The highest BCUT2D eigenvalue weighted by atomic mass is 32.2. The van der Waals surface area contributed by atoms with Crippen LogP contribution in [-0.2, 0) is 15.4 Å². The lowest BCUT2D eigenvalue weighted by atomic mass is 9.95. The van der Waals surface area contributed by atoms with Gasteiger partial charge in [0, 0.05) is 19.3 Å². The van der Waals surface area contributed by atoms with Crippen LogP contribution in [0.2, 0.25) is 0 Å². The summed E-state index contributed by atoms with van der Waals surface area (Å²) >= 11 is 0. The standard InChI is InChI=1S/C16H25NO3S/c1-6-17(11-13(2)3)12-16(4,18)14-7-9-15(10-8-14)21(5,19)20/h7-10,18H,2,6,11-12H2,1,3-5H3. The van der Waals surface area contributed by atoms with Crippen LogP contribution < -0.4 is 0 Å². The molecule has 0 aromatic heterocycles. The number of hydrogen-bond acceptors (Lipinski definition) is 4. The highest BCUT2D eigenvalue weighted by Crippen LogP contribution is 2.23. The molecule has 1 atom stereocenters. The maximum atomic E-state index is 11.5. The van der Waals surface area contributed by atoms with Crippen molar-refractivity contribution in [1.29, 1.82) is 0 Å². The van der Waals surface area contributed by atoms with Gasteiger partial charge in [-0.15, -0.1) is 0 Å². The molecule has 0 fully saturated rings. The smallest absolute Gasteiger partial charge is 0.175 e. The molecule has 1 rings (SSSR count). The largest absolute Gasteiger partial charge is 0.384 e. The van der Waals surface area contributed by atoms with Gasteiger partial charge in [0.2, 0.25) is 0 Å². The zero-order chi connectivity index (χ0) is 16.3. The molecule has 0 spiro atoms. The van der Waals surface area contributed by atoms with Crippen molar-refractivity contribution in [1.82, 2.24) is 4.90 Å². The fourth-order valence-corrected chi connectivity index (χ4v) is 2.88. The summed E-state index contributed by atoms with van der Waals surface area (Å²) in [6, 6.07) is 6.42. The van der Waals surface area contributed by atoms with Crippen molar-refractivity contribution in [3.05, 3.63) is 42.0 Å². The number of sulfone groups is 1. The Hall–Kier alpha value is -1.17. The molecule has 0 saturated heterocycles. The fraction of sp³-hybridized carbons (Fsp3) is 0.500. The van der Waals surface area contributed by atoms with Crippen molar-refractivity contribution in [2.75, 3.05) is 25.9 Å². The first kappa shape index (κ1) is 17.9. The van der Waals surface area contributed by atoms with E-state index in [2.05, 4.69) is 11.5 Å². The Bertz CT molecular complexity index is 588. The number of benzene rings is 1. The second-order valence-electron chi connectivity index (χ2n) is 5.83. The number of nitrogens with zero attached hydrogens (tertiary/aromatic N) is 1. The van der Waals surface area contributed by atoms with Crippen molar-refractivity contribution in [2.24, 2.45) is 0 Å². The third kappa shape index (κ3) is 5.26. The van der Waals surface area contributed by atoms with E-state index in [0.29, 0.717) is 12.1 Å². The minimum absolute atomic E-state index is 0.260. The van der Waals surface area contributed by atoms with Crippen LogP contribution in [0.15, 0.2) is 41.3 Å². The van der Waals surface area contributed by atoms with Gasteiger partial charge in [0.05, 0.1) is 10.5 Å². The Morgan fingerprint density at radius 3 is 2.24 bits per heavy atom. The molecule has 1 aromatic rings. The van der Waals surface area contributed by atoms with Crippen LogP contribution in [0.1, 0.15) is 26.3 Å². The first-order valence-electron chi connectivity index (χ1n) is 6.96. The third-order valence-corrected chi connectivity index (χ3v) is 4.51. The molecule has 0 heterocycles. The summed E-state index contributed by atoms with van der Waals surface area (Å²) < 4.78 is 22.9. The maximum Gasteiger partial charge on any atom is 0.175 e. The van der Waals surface area contributed by atoms with E-state index in [1.54, 1.807) is 19.1 Å². The molecule has 0 radical (unpaired) electrons. The van der Waals surface area contributed by atoms with Crippen molar-refractivity contribution < 1.29 is 13.5 Å². The van der Waals surface area contributed by atoms with Crippen molar-refractivity contribution in [3.63, 3.8) is 0 Å². The summed E-state index contributed by atoms with van der Waals surface area (Å²) in [5.74, 6) is 0. The minimum atomic E-state index is -3.21. The molecular weight excluding hydrogens is 286 g/mol. The van der Waals surface area contributed by atoms with Crippen LogP contribution in [0.5, 0.6) is 0 Å². The first-order valence-corrected chi connectivity index (χ1v) is 8.85. The molecule has 118 valence electrons. The Morgan fingerprint density at radius 1 is 1.33 bits per heavy atom. The van der Waals surface area contributed by atoms with Crippen LogP contribution in [0, 0.1) is 0 Å². The normalized spacial score (nSPS) is 15.0. The average molecular weight is 311 g/mol. The molecule has 1 aromatic carbocycles. The number of hydrogen-bond donors (Lipinski definition) is 1. The molecular formula is C16H25NO3S. The van der Waals surface area contributed by atoms with Crippen LogP contribution in [0.25, 0.3) is 0 Å². The molecule has 0 aliphatic carbocycles. The molecule has 21 heavy (non-hydrogen) atoms. The summed E-state index contributed by atoms with van der Waals surface area (Å²) in [6.07, 6.45) is 1.17. The molecule has 0 saturated carbocycles. The molecule has 0 amide bonds. The van der Waals surface area contributed by atoms with Crippen molar-refractivity contribution in [3.8, 4) is 0 Å². The molecule has 0 bridgehead atoms. The van der Waals surface area contributed by atoms with E-state index in [-0.39, 0.29) is 4.90 Å². The van der Waals surface area contributed by atoms with Gasteiger partial charge in [0.25, 0.3) is 0 Å². The minimum Gasteiger partial charge on any atom is -0.384 e. The molecule has 4 nitrogen and oxygen atoms in total. The Kier molecular flexibility index (Phi) is 5.73. The Morgan fingerprint density at radius 2 is 1.86 bits per heavy atom. The summed E-state index contributed by atoms with van der Waals surface area (Å²) in [5, 5.41) is 10.7. The number of aliphatic hydroxyl groups is 1. The van der Waals surface area contributed by atoms with Crippen LogP contribution in [0.4, 0.5) is 0 Å². The van der Waals surface area contributed by atoms with Crippen LogP contribution in [0.3, 0.4) is 0 Å². The zero-order valence-electron chi connectivity index (χ0n) is 13.3. The lowest BCUT2D eigenvalue weighted by molar-refractivity contribution is 0.0199. The van der Waals surface area contributed by atoms with E-state index in [0.717, 1.165) is 18.7 Å². The van der Waals surface area contributed by atoms with Gasteiger partial charge >= 0.3 is 0 Å². The molecule has 1 unspecified atom stereocenters. The summed E-state index contributed by atoms with van der Waals surface area (Å²) in [6.45, 7) is 11.6. The van der Waals surface area contributed by atoms with E-state index in [1.807, 2.05) is 13.8 Å². The SMILES string of the molecule is C=C(C)CN(CC)CC(C)(O)c1ccc(S(C)(=O)=O)cc1. The van der Waals surface area contributed by atoms with Crippen molar-refractivity contribution in [2.45, 2.75) is 31.3 Å². The molecule has 1 N–H and O–H groups in total. The van der Waals surface area contributed by atoms with Crippen molar-refractivity contribution >= 4 is 9.84 Å². The van der Waals surface area contributed by atoms with Gasteiger partial charge in [-0.3, -0.25) is 4.90 Å². The molecule has 5 heteroatoms. The van der Waals surface area contributed by atoms with Gasteiger partial charge in [-0.1, -0.05) is 31.2 Å². The summed E-state index contributed by atoms with van der Waals surface area (Å²) in [5.41, 5.74) is 0.705. The van der Waals surface area contributed by atoms with Crippen LogP contribution >= 0.6 is 0 Å². The van der Waals surface area contributed by atoms with E-state index in [9.17, 15) is 13.5 Å². The second kappa shape index (κ2) is 6.73. The topological polar surface area (TPSA) is 57.6 Å². The van der Waals surface area contributed by atoms with E-state index < -0.39 is 15.4 Å². The maximum absolute atomic E-state index is 11.5. The second-order valence-corrected chi connectivity index (χ2v) is 7.85. The Labute approximate surface area is 128 Å². The van der Waals surface area contributed by atoms with Crippen LogP contribution in [-0.4, -0.2) is 44.3 Å². The first-order chi connectivity index (χ1) is 9.56. The van der Waals surface area contributed by atoms with Gasteiger partial charge in [0.1, 0.15) is 0 Å². The van der Waals surface area contributed by atoms with E-state index in [4.69, 9.17) is 0 Å². The molecule has 0 aliphatic heterocycles. The quantitative estimate of drug-likeness (QED) is 0.784. The lowest BCUT2D eigenvalue weighted by Crippen LogP contribution is -2.39. The highest BCUT2D eigenvalue weighted by Gasteiger charge is 2.26. The summed E-state index contributed by atoms with van der Waals surface area (Å²) in [4.78, 5) is 2.36. The number of rotatable bonds is 7. The molecule has 0 aliphatic rings. The van der Waals surface area contributed by atoms with Gasteiger partial charge in [0.15, 0.2) is 9.84 Å². The lowest BCUT2D eigenvalue weighted by Gasteiger charge is -2.31. The summed E-state index contributed by atoms with van der Waals surface area (Å²) in [7, 11) is -3.21. The van der Waals surface area contributed by atoms with Gasteiger partial charge < -0.3 is 5.11 Å². The monoisotopic (exact) mass is 311 g/mol. The predicted octanol–water partition coefficient (Wildman–Crippen LogP) is 2.20. The van der Waals surface area contributed by atoms with Gasteiger partial charge in [-0.25, -0.2) is 8.42 Å². The van der Waals surface area contributed by atoms with Gasteiger partial charge in [-0.05, 0) is 38.1 Å². The van der Waals surface area contributed by atoms with E-state index >= 15 is 0 Å². The zero-order valence-corrected chi connectivity index (χ0v) is 14.1. The number of likely N-dealkylation sites (N-methyl/N-ethyl adjacent to an activating group) is 1. The Balaban J connectivity index is 2.94. The predicted molar refractivity (Wildman–Crippen MR) is 86.1 cm³/mol. The highest BCUT2D eigenvalue weighted by molar-refractivity contribution is 7.90. The third-order valence-electron chi connectivity index (χ3n) is 3.38. The average Bonchev–Trinajstić information content (AvgIpc) is 2.36. The van der Waals surface area contributed by atoms with E-state index in [1.165, 1.54) is 18.4 Å². The van der Waals surface area contributed by atoms with Gasteiger partial charge in [-0.2, -0.15) is 0 Å².